The number of carbonyl (C=O) groups excluding carboxylic acids is 1. The van der Waals surface area contributed by atoms with Crippen LogP contribution in [0.5, 0.6) is 0 Å². The van der Waals surface area contributed by atoms with Crippen molar-refractivity contribution in [2.45, 2.75) is 31.2 Å². The van der Waals surface area contributed by atoms with Gasteiger partial charge in [0.05, 0.1) is 5.25 Å². The zero-order chi connectivity index (χ0) is 18.7. The van der Waals surface area contributed by atoms with Crippen LogP contribution in [0.25, 0.3) is 11.4 Å². The highest BCUT2D eigenvalue weighted by atomic mass is 32.2. The Morgan fingerprint density at radius 1 is 1.19 bits per heavy atom. The van der Waals surface area contributed by atoms with E-state index in [2.05, 4.69) is 22.0 Å². The summed E-state index contributed by atoms with van der Waals surface area (Å²) in [5.41, 5.74) is 2.08. The first-order valence-corrected chi connectivity index (χ1v) is 9.83. The Morgan fingerprint density at radius 2 is 1.85 bits per heavy atom. The van der Waals surface area contributed by atoms with Gasteiger partial charge in [-0.1, -0.05) is 48.5 Å². The molecule has 0 aliphatic carbocycles. The van der Waals surface area contributed by atoms with Gasteiger partial charge >= 0.3 is 0 Å². The van der Waals surface area contributed by atoms with E-state index >= 15 is 0 Å². The average molecular weight is 375 g/mol. The highest BCUT2D eigenvalue weighted by molar-refractivity contribution is 8.00. The van der Waals surface area contributed by atoms with Gasteiger partial charge in [0.15, 0.2) is 5.82 Å². The Morgan fingerprint density at radius 3 is 2.46 bits per heavy atom. The molecule has 2 heterocycles. The normalized spacial score (nSPS) is 16.7. The molecular weight excluding hydrogens is 348 g/mol. The molecule has 0 saturated carbocycles. The van der Waals surface area contributed by atoms with E-state index in [4.69, 9.17) is 5.84 Å². The van der Waals surface area contributed by atoms with Crippen LogP contribution in [0.4, 0.5) is 0 Å². The molecule has 1 aliphatic heterocycles. The topological polar surface area (TPSA) is 80.3 Å². The van der Waals surface area contributed by atoms with E-state index in [1.807, 2.05) is 43.0 Å². The van der Waals surface area contributed by atoms with Gasteiger partial charge in [-0.2, -0.15) is 0 Å². The first-order valence-electron chi connectivity index (χ1n) is 8.95. The molecule has 0 bridgehead atoms. The third-order valence-electron chi connectivity index (χ3n) is 4.74. The van der Waals surface area contributed by atoms with Gasteiger partial charge in [0, 0.05) is 31.7 Å². The maximum atomic E-state index is 12.7. The van der Waals surface area contributed by atoms with E-state index in [0.29, 0.717) is 11.0 Å². The Kier molecular flexibility index (Phi) is 5.83. The number of aryl methyl sites for hydroxylation is 1. The number of aromatic nitrogens is 3. The summed E-state index contributed by atoms with van der Waals surface area (Å²) >= 11 is 1.36. The molecule has 8 heteroatoms. The minimum absolute atomic E-state index is 0.130. The number of nitrogen functional groups attached to an aromatic ring is 1. The minimum Gasteiger partial charge on any atom is -0.339 e. The van der Waals surface area contributed by atoms with Crippen LogP contribution >= 0.6 is 11.8 Å². The summed E-state index contributed by atoms with van der Waals surface area (Å²) in [6.07, 6.45) is 0. The van der Waals surface area contributed by atoms with Gasteiger partial charge in [0.2, 0.25) is 11.1 Å². The summed E-state index contributed by atoms with van der Waals surface area (Å²) < 4.78 is 1.47. The molecule has 7 nitrogen and oxygen atoms in total. The van der Waals surface area contributed by atoms with E-state index in [-0.39, 0.29) is 11.2 Å². The third-order valence-corrected chi connectivity index (χ3v) is 5.78. The summed E-state index contributed by atoms with van der Waals surface area (Å²) in [4.78, 5) is 17.0. The molecule has 1 unspecified atom stereocenters. The Hall–Kier alpha value is -2.06. The second kappa shape index (κ2) is 8.09. The fourth-order valence-electron chi connectivity index (χ4n) is 3.01. The fourth-order valence-corrected chi connectivity index (χ4v) is 3.86. The highest BCUT2D eigenvalue weighted by Crippen LogP contribution is 2.26. The molecule has 2 N–H and O–H groups in total. The lowest BCUT2D eigenvalue weighted by Crippen LogP contribution is -2.50. The lowest BCUT2D eigenvalue weighted by atomic mass is 10.1. The molecule has 2 aromatic rings. The van der Waals surface area contributed by atoms with Gasteiger partial charge in [0.1, 0.15) is 0 Å². The molecule has 1 aromatic heterocycles. The van der Waals surface area contributed by atoms with E-state index in [1.54, 1.807) is 0 Å². The molecule has 26 heavy (non-hydrogen) atoms. The van der Waals surface area contributed by atoms with E-state index in [9.17, 15) is 4.79 Å². The summed E-state index contributed by atoms with van der Waals surface area (Å²) in [5.74, 6) is 6.91. The quantitative estimate of drug-likeness (QED) is 0.633. The Labute approximate surface area is 158 Å². The van der Waals surface area contributed by atoms with Crippen molar-refractivity contribution >= 4 is 17.7 Å². The smallest absolute Gasteiger partial charge is 0.235 e. The van der Waals surface area contributed by atoms with Gasteiger partial charge in [0.25, 0.3) is 0 Å². The molecule has 1 amide bonds. The number of nitrogens with zero attached hydrogens (tertiary/aromatic N) is 5. The molecule has 0 spiro atoms. The van der Waals surface area contributed by atoms with Crippen LogP contribution in [0, 0.1) is 6.92 Å². The van der Waals surface area contributed by atoms with Crippen LogP contribution in [0.2, 0.25) is 0 Å². The first-order chi connectivity index (χ1) is 12.5. The molecule has 1 aromatic carbocycles. The summed E-state index contributed by atoms with van der Waals surface area (Å²) in [5, 5.41) is 8.68. The van der Waals surface area contributed by atoms with Crippen molar-refractivity contribution in [2.24, 2.45) is 0 Å². The lowest BCUT2D eigenvalue weighted by Gasteiger charge is -2.35. The molecular formula is C18H26N6OS. The third kappa shape index (κ3) is 4.02. The predicted octanol–water partition coefficient (Wildman–Crippen LogP) is 1.61. The van der Waals surface area contributed by atoms with Gasteiger partial charge < -0.3 is 15.6 Å². The summed E-state index contributed by atoms with van der Waals surface area (Å²) in [7, 11) is 0. The van der Waals surface area contributed by atoms with Gasteiger partial charge in [-0.25, -0.2) is 4.68 Å². The zero-order valence-corrected chi connectivity index (χ0v) is 16.4. The number of rotatable bonds is 5. The number of thioether (sulfide) groups is 1. The zero-order valence-electron chi connectivity index (χ0n) is 15.6. The monoisotopic (exact) mass is 374 g/mol. The van der Waals surface area contributed by atoms with E-state index in [0.717, 1.165) is 38.3 Å². The lowest BCUT2D eigenvalue weighted by molar-refractivity contribution is -0.132. The maximum Gasteiger partial charge on any atom is 0.235 e. The number of amides is 1. The van der Waals surface area contributed by atoms with Crippen LogP contribution in [-0.4, -0.2) is 68.6 Å². The molecule has 1 atom stereocenters. The second-order valence-corrected chi connectivity index (χ2v) is 7.87. The first kappa shape index (κ1) is 18.7. The molecule has 1 saturated heterocycles. The van der Waals surface area contributed by atoms with Crippen molar-refractivity contribution in [1.29, 1.82) is 0 Å². The number of hydrogen-bond donors (Lipinski definition) is 1. The SMILES string of the molecule is CCN1CCN(C(=O)C(C)Sc2nnc(-c3ccc(C)cc3)n2N)CC1. The van der Waals surface area contributed by atoms with Gasteiger partial charge in [-0.15, -0.1) is 10.2 Å². The van der Waals surface area contributed by atoms with Crippen LogP contribution in [0.1, 0.15) is 19.4 Å². The number of carbonyl (C=O) groups is 1. The standard InChI is InChI=1S/C18H26N6OS/c1-4-22-9-11-23(12-10-22)17(25)14(3)26-18-21-20-16(24(18)19)15-7-5-13(2)6-8-15/h5-8,14H,4,9-12,19H2,1-3H3. The Bertz CT molecular complexity index is 752. The maximum absolute atomic E-state index is 12.7. The molecule has 1 fully saturated rings. The Balaban J connectivity index is 1.65. The van der Waals surface area contributed by atoms with Crippen LogP contribution < -0.4 is 5.84 Å². The van der Waals surface area contributed by atoms with Crippen LogP contribution in [0.15, 0.2) is 29.4 Å². The molecule has 3 rings (SSSR count). The van der Waals surface area contributed by atoms with Crippen molar-refractivity contribution in [3.05, 3.63) is 29.8 Å². The van der Waals surface area contributed by atoms with Crippen molar-refractivity contribution in [1.82, 2.24) is 24.7 Å². The van der Waals surface area contributed by atoms with Crippen molar-refractivity contribution in [3.63, 3.8) is 0 Å². The number of nitrogens with two attached hydrogens (primary N) is 1. The number of piperazine rings is 1. The number of hydrogen-bond acceptors (Lipinski definition) is 6. The van der Waals surface area contributed by atoms with Crippen molar-refractivity contribution in [3.8, 4) is 11.4 Å². The molecule has 0 radical (unpaired) electrons. The van der Waals surface area contributed by atoms with Crippen LogP contribution in [0.3, 0.4) is 0 Å². The van der Waals surface area contributed by atoms with E-state index in [1.165, 1.54) is 22.0 Å². The predicted molar refractivity (Wildman–Crippen MR) is 104 cm³/mol. The highest BCUT2D eigenvalue weighted by Gasteiger charge is 2.26. The van der Waals surface area contributed by atoms with Gasteiger partial charge in [-0.05, 0) is 20.4 Å². The van der Waals surface area contributed by atoms with Crippen LogP contribution in [-0.2, 0) is 4.79 Å². The van der Waals surface area contributed by atoms with Crippen molar-refractivity contribution in [2.75, 3.05) is 38.6 Å². The minimum atomic E-state index is -0.249. The largest absolute Gasteiger partial charge is 0.339 e. The number of benzene rings is 1. The second-order valence-electron chi connectivity index (χ2n) is 6.56. The average Bonchev–Trinajstić information content (AvgIpc) is 3.02. The summed E-state index contributed by atoms with van der Waals surface area (Å²) in [6.45, 7) is 10.5. The molecule has 140 valence electrons. The molecule has 1 aliphatic rings. The van der Waals surface area contributed by atoms with Gasteiger partial charge in [-0.3, -0.25) is 4.79 Å². The van der Waals surface area contributed by atoms with Crippen molar-refractivity contribution < 1.29 is 4.79 Å². The fraction of sp³-hybridized carbons (Fsp3) is 0.500. The summed E-state index contributed by atoms with van der Waals surface area (Å²) in [6, 6.07) is 7.97. The number of likely N-dealkylation sites (N-methyl/N-ethyl adjacent to an activating group) is 1. The van der Waals surface area contributed by atoms with E-state index < -0.39 is 0 Å².